The summed E-state index contributed by atoms with van der Waals surface area (Å²) in [4.78, 5) is 25.7. The van der Waals surface area contributed by atoms with Gasteiger partial charge in [-0.1, -0.05) is 41.6 Å². The predicted molar refractivity (Wildman–Crippen MR) is 129 cm³/mol. The van der Waals surface area contributed by atoms with Crippen molar-refractivity contribution in [2.24, 2.45) is 0 Å². The minimum absolute atomic E-state index is 0.0476. The number of carbonyl (C=O) groups is 1. The molecule has 4 rings (SSSR count). The summed E-state index contributed by atoms with van der Waals surface area (Å²) in [6.45, 7) is 1.78. The van der Waals surface area contributed by atoms with Crippen LogP contribution in [-0.4, -0.2) is 22.3 Å². The van der Waals surface area contributed by atoms with Crippen LogP contribution in [0.4, 0.5) is 11.4 Å². The second-order valence-electron chi connectivity index (χ2n) is 6.82. The first-order valence-electron chi connectivity index (χ1n) is 9.25. The van der Waals surface area contributed by atoms with Gasteiger partial charge in [0.15, 0.2) is 4.32 Å². The first-order chi connectivity index (χ1) is 15.3. The summed E-state index contributed by atoms with van der Waals surface area (Å²) < 4.78 is 11.3. The third-order valence-electron chi connectivity index (χ3n) is 4.70. The molecule has 1 saturated heterocycles. The summed E-state index contributed by atoms with van der Waals surface area (Å²) in [7, 11) is 1.51. The molecule has 0 N–H and O–H groups in total. The van der Waals surface area contributed by atoms with Gasteiger partial charge in [0.25, 0.3) is 11.6 Å². The van der Waals surface area contributed by atoms with Crippen molar-refractivity contribution < 1.29 is 18.9 Å². The lowest BCUT2D eigenvalue weighted by Crippen LogP contribution is -2.27. The quantitative estimate of drug-likeness (QED) is 0.183. The molecule has 2 aromatic carbocycles. The molecule has 0 aliphatic carbocycles. The molecule has 1 aliphatic heterocycles. The van der Waals surface area contributed by atoms with Gasteiger partial charge in [0.05, 0.1) is 33.2 Å². The van der Waals surface area contributed by atoms with E-state index in [9.17, 15) is 14.9 Å². The number of aryl methyl sites for hydroxylation is 1. The van der Waals surface area contributed by atoms with Crippen molar-refractivity contribution in [1.82, 2.24) is 0 Å². The van der Waals surface area contributed by atoms with E-state index >= 15 is 0 Å². The number of methoxy groups -OCH3 is 1. The fourth-order valence-corrected chi connectivity index (χ4v) is 4.72. The lowest BCUT2D eigenvalue weighted by Gasteiger charge is -2.15. The minimum Gasteiger partial charge on any atom is -0.495 e. The Morgan fingerprint density at radius 3 is 2.69 bits per heavy atom. The average Bonchev–Trinajstić information content (AvgIpc) is 3.32. The van der Waals surface area contributed by atoms with Crippen molar-refractivity contribution in [3.8, 4) is 17.1 Å². The van der Waals surface area contributed by atoms with E-state index in [1.54, 1.807) is 55.5 Å². The van der Waals surface area contributed by atoms with E-state index in [-0.39, 0.29) is 11.6 Å². The maximum absolute atomic E-state index is 13.0. The molecule has 2 heterocycles. The van der Waals surface area contributed by atoms with Crippen LogP contribution in [0.3, 0.4) is 0 Å². The largest absolute Gasteiger partial charge is 0.495 e. The third kappa shape index (κ3) is 4.14. The van der Waals surface area contributed by atoms with Crippen molar-refractivity contribution in [1.29, 1.82) is 0 Å². The molecule has 1 aliphatic rings. The zero-order chi connectivity index (χ0) is 23.0. The van der Waals surface area contributed by atoms with E-state index in [0.717, 1.165) is 17.3 Å². The van der Waals surface area contributed by atoms with Crippen LogP contribution in [0.5, 0.6) is 5.75 Å². The van der Waals surface area contributed by atoms with Crippen LogP contribution in [-0.2, 0) is 4.79 Å². The fourth-order valence-electron chi connectivity index (χ4n) is 3.19. The summed E-state index contributed by atoms with van der Waals surface area (Å²) in [5.41, 5.74) is 1.61. The normalized spacial score (nSPS) is 15.0. The van der Waals surface area contributed by atoms with Gasteiger partial charge in [-0.05, 0) is 48.9 Å². The molecule has 0 radical (unpaired) electrons. The molecule has 0 spiro atoms. The average molecular weight is 487 g/mol. The second-order valence-corrected chi connectivity index (χ2v) is 8.90. The summed E-state index contributed by atoms with van der Waals surface area (Å²) in [6, 6.07) is 13.1. The highest BCUT2D eigenvalue weighted by Gasteiger charge is 2.34. The number of hydrogen-bond acceptors (Lipinski definition) is 7. The van der Waals surface area contributed by atoms with Crippen molar-refractivity contribution in [3.63, 3.8) is 0 Å². The van der Waals surface area contributed by atoms with Crippen LogP contribution >= 0.6 is 35.6 Å². The molecule has 0 unspecified atom stereocenters. The molecule has 10 heteroatoms. The molecular weight excluding hydrogens is 472 g/mol. The smallest absolute Gasteiger partial charge is 0.280 e. The second kappa shape index (κ2) is 8.78. The minimum atomic E-state index is -0.449. The molecule has 0 saturated carbocycles. The Hall–Kier alpha value is -3.14. The molecule has 7 nitrogen and oxygen atoms in total. The molecular formula is C22H15ClN2O5S2. The van der Waals surface area contributed by atoms with Crippen LogP contribution in [0.25, 0.3) is 17.4 Å². The number of nitrogens with zero attached hydrogens (tertiary/aromatic N) is 2. The van der Waals surface area contributed by atoms with E-state index in [1.165, 1.54) is 18.1 Å². The molecule has 1 fully saturated rings. The topological polar surface area (TPSA) is 85.8 Å². The van der Waals surface area contributed by atoms with Gasteiger partial charge in [-0.3, -0.25) is 19.8 Å². The number of hydrogen-bond donors (Lipinski definition) is 0. The van der Waals surface area contributed by atoms with Crippen LogP contribution in [0.15, 0.2) is 57.9 Å². The zero-order valence-corrected chi connectivity index (χ0v) is 19.2. The van der Waals surface area contributed by atoms with E-state index in [0.29, 0.717) is 42.8 Å². The van der Waals surface area contributed by atoms with E-state index in [2.05, 4.69) is 0 Å². The van der Waals surface area contributed by atoms with Gasteiger partial charge in [0.1, 0.15) is 17.3 Å². The van der Waals surface area contributed by atoms with Gasteiger partial charge < -0.3 is 9.15 Å². The van der Waals surface area contributed by atoms with Crippen molar-refractivity contribution in [3.05, 3.63) is 79.9 Å². The fraction of sp³-hybridized carbons (Fsp3) is 0.0909. The van der Waals surface area contributed by atoms with Gasteiger partial charge in [-0.2, -0.15) is 0 Å². The third-order valence-corrected chi connectivity index (χ3v) is 6.30. The molecule has 3 aromatic rings. The van der Waals surface area contributed by atoms with Crippen LogP contribution < -0.4 is 9.64 Å². The zero-order valence-electron chi connectivity index (χ0n) is 16.8. The SMILES string of the molecule is COc1ccc(N2C(=O)/C(=C\c3ccc(-c4ccc(C)cc4[N+](=O)[O-])o3)SC2=S)cc1Cl. The monoisotopic (exact) mass is 486 g/mol. The molecule has 1 aromatic heterocycles. The highest BCUT2D eigenvalue weighted by molar-refractivity contribution is 8.27. The van der Waals surface area contributed by atoms with Crippen LogP contribution in [0.1, 0.15) is 11.3 Å². The maximum Gasteiger partial charge on any atom is 0.280 e. The van der Waals surface area contributed by atoms with E-state index < -0.39 is 4.92 Å². The van der Waals surface area contributed by atoms with Gasteiger partial charge in [-0.15, -0.1) is 0 Å². The van der Waals surface area contributed by atoms with Crippen molar-refractivity contribution in [2.45, 2.75) is 6.92 Å². The number of halogens is 1. The Morgan fingerprint density at radius 1 is 1.22 bits per heavy atom. The number of anilines is 1. The van der Waals surface area contributed by atoms with Crippen molar-refractivity contribution >= 4 is 63.3 Å². The molecule has 32 heavy (non-hydrogen) atoms. The number of carbonyl (C=O) groups excluding carboxylic acids is 1. The number of ether oxygens (including phenoxy) is 1. The number of nitro benzene ring substituents is 1. The number of benzene rings is 2. The number of rotatable bonds is 5. The summed E-state index contributed by atoms with van der Waals surface area (Å²) in [5, 5.41) is 11.8. The summed E-state index contributed by atoms with van der Waals surface area (Å²) >= 11 is 12.7. The van der Waals surface area contributed by atoms with Gasteiger partial charge in [0.2, 0.25) is 0 Å². The first kappa shape index (κ1) is 22.1. The maximum atomic E-state index is 13.0. The molecule has 0 atom stereocenters. The first-order valence-corrected chi connectivity index (χ1v) is 10.9. The number of furan rings is 1. The molecule has 1 amide bonds. The molecule has 0 bridgehead atoms. The van der Waals surface area contributed by atoms with Gasteiger partial charge in [-0.25, -0.2) is 0 Å². The standard InChI is InChI=1S/C22H15ClN2O5S2/c1-12-3-6-15(17(9-12)25(27)28)18-8-5-14(30-18)11-20-21(26)24(22(31)32-20)13-4-7-19(29-2)16(23)10-13/h3-11H,1-2H3/b20-11+. The highest BCUT2D eigenvalue weighted by Crippen LogP contribution is 2.39. The number of thiocarbonyl (C=S) groups is 1. The Kier molecular flexibility index (Phi) is 6.05. The van der Waals surface area contributed by atoms with E-state index in [1.807, 2.05) is 0 Å². The van der Waals surface area contributed by atoms with Gasteiger partial charge in [0, 0.05) is 12.1 Å². The summed E-state index contributed by atoms with van der Waals surface area (Å²) in [6.07, 6.45) is 1.56. The lowest BCUT2D eigenvalue weighted by atomic mass is 10.1. The number of nitro groups is 1. The summed E-state index contributed by atoms with van der Waals surface area (Å²) in [5.74, 6) is 0.883. The highest BCUT2D eigenvalue weighted by atomic mass is 35.5. The predicted octanol–water partition coefficient (Wildman–Crippen LogP) is 6.23. The number of amides is 1. The van der Waals surface area contributed by atoms with Crippen LogP contribution in [0.2, 0.25) is 5.02 Å². The van der Waals surface area contributed by atoms with Gasteiger partial charge >= 0.3 is 0 Å². The Morgan fingerprint density at radius 2 is 2.00 bits per heavy atom. The Bertz CT molecular complexity index is 1300. The van der Waals surface area contributed by atoms with Crippen molar-refractivity contribution in [2.75, 3.05) is 12.0 Å². The Balaban J connectivity index is 1.63. The van der Waals surface area contributed by atoms with E-state index in [4.69, 9.17) is 33.0 Å². The lowest BCUT2D eigenvalue weighted by molar-refractivity contribution is -0.384. The Labute approximate surface area is 197 Å². The molecule has 162 valence electrons. The van der Waals surface area contributed by atoms with Crippen LogP contribution in [0, 0.1) is 17.0 Å². The number of thioether (sulfide) groups is 1.